The van der Waals surface area contributed by atoms with Gasteiger partial charge in [-0.05, 0) is 66.4 Å². The lowest BCUT2D eigenvalue weighted by Crippen LogP contribution is -2.12. The molecule has 2 rings (SSSR count). The van der Waals surface area contributed by atoms with Crippen molar-refractivity contribution in [1.82, 2.24) is 0 Å². The van der Waals surface area contributed by atoms with Crippen LogP contribution in [0, 0.1) is 11.8 Å². The van der Waals surface area contributed by atoms with Gasteiger partial charge in [0, 0.05) is 5.92 Å². The third-order valence-corrected chi connectivity index (χ3v) is 6.12. The Labute approximate surface area is 204 Å². The molecule has 1 aliphatic rings. The first-order chi connectivity index (χ1) is 16.0. The zero-order valence-corrected chi connectivity index (χ0v) is 22.0. The Morgan fingerprint density at radius 2 is 1.64 bits per heavy atom. The molecule has 2 unspecified atom stereocenters. The van der Waals surface area contributed by atoms with E-state index in [4.69, 9.17) is 0 Å². The molecule has 0 saturated carbocycles. The first-order valence-corrected chi connectivity index (χ1v) is 12.8. The molecule has 0 radical (unpaired) electrons. The highest BCUT2D eigenvalue weighted by atomic mass is 14.3. The van der Waals surface area contributed by atoms with E-state index in [0.29, 0.717) is 11.8 Å². The van der Waals surface area contributed by atoms with Gasteiger partial charge in [-0.15, -0.1) is 0 Å². The zero-order valence-electron chi connectivity index (χ0n) is 22.0. The van der Waals surface area contributed by atoms with Crippen molar-refractivity contribution >= 4 is 0 Å². The van der Waals surface area contributed by atoms with E-state index in [9.17, 15) is 0 Å². The Bertz CT molecular complexity index is 883. The lowest BCUT2D eigenvalue weighted by Gasteiger charge is -2.27. The molecule has 33 heavy (non-hydrogen) atoms. The van der Waals surface area contributed by atoms with Crippen LogP contribution in [0.5, 0.6) is 0 Å². The Kier molecular flexibility index (Phi) is 13.9. The molecule has 0 saturated heterocycles. The third-order valence-electron chi connectivity index (χ3n) is 6.12. The molecular formula is C33H46. The summed E-state index contributed by atoms with van der Waals surface area (Å²) >= 11 is 0. The van der Waals surface area contributed by atoms with E-state index in [1.807, 2.05) is 12.2 Å². The Hall–Kier alpha value is -2.60. The predicted octanol–water partition coefficient (Wildman–Crippen LogP) is 10.1. The van der Waals surface area contributed by atoms with Crippen LogP contribution in [0.3, 0.4) is 0 Å². The molecule has 178 valence electrons. The molecule has 0 heterocycles. The summed E-state index contributed by atoms with van der Waals surface area (Å²) in [5.74, 6) is 0.968. The van der Waals surface area contributed by atoms with Crippen LogP contribution in [0.4, 0.5) is 0 Å². The molecule has 0 N–H and O–H groups in total. The van der Waals surface area contributed by atoms with Gasteiger partial charge in [0.1, 0.15) is 0 Å². The Balaban J connectivity index is 0.00000172. The van der Waals surface area contributed by atoms with Crippen LogP contribution in [-0.4, -0.2) is 0 Å². The van der Waals surface area contributed by atoms with E-state index < -0.39 is 0 Å². The standard InChI is InChI=1S/C30H38.C3H8/c1-7-16-26(20-14-19-25-17-12-11-13-18-25)30(27-21-15-22-27)29(10-4)28(9-3)24(6)23(5)8-2;1-3-2/h9-18,20-21,23,27H,3-4,7-8,19,22H2,1-2,5-6H3;3H2,1-2H3/b20-14-,26-16+,28-24+,30-29-;. The van der Waals surface area contributed by atoms with Crippen LogP contribution in [0.15, 0.2) is 114 Å². The van der Waals surface area contributed by atoms with E-state index in [-0.39, 0.29) is 0 Å². The number of allylic oxidation sites excluding steroid dienone is 12. The Morgan fingerprint density at radius 1 is 1.03 bits per heavy atom. The maximum absolute atomic E-state index is 4.21. The van der Waals surface area contributed by atoms with Gasteiger partial charge in [0.2, 0.25) is 0 Å². The fourth-order valence-electron chi connectivity index (χ4n) is 3.90. The molecule has 0 amide bonds. The third kappa shape index (κ3) is 8.69. The van der Waals surface area contributed by atoms with Crippen molar-refractivity contribution in [3.05, 3.63) is 119 Å². The van der Waals surface area contributed by atoms with Crippen LogP contribution in [-0.2, 0) is 6.42 Å². The highest BCUT2D eigenvalue weighted by Gasteiger charge is 2.23. The highest BCUT2D eigenvalue weighted by molar-refractivity contribution is 5.60. The highest BCUT2D eigenvalue weighted by Crippen LogP contribution is 2.38. The van der Waals surface area contributed by atoms with Gasteiger partial charge in [0.05, 0.1) is 0 Å². The second-order valence-electron chi connectivity index (χ2n) is 8.78. The monoisotopic (exact) mass is 442 g/mol. The molecule has 1 aromatic carbocycles. The number of hydrogen-bond donors (Lipinski definition) is 0. The fourth-order valence-corrected chi connectivity index (χ4v) is 3.90. The SMILES string of the molecule is C=CC(/C(C=C)=C(C(/C=C\Cc1ccccc1)=C/CC)\C1C=CC1)=C(/C)C(C)CC.CCC. The largest absolute Gasteiger partial charge is 0.0984 e. The second kappa shape index (κ2) is 16.1. The zero-order chi connectivity index (χ0) is 24.6. The smallest absolute Gasteiger partial charge is 0.00644 e. The topological polar surface area (TPSA) is 0 Å². The minimum Gasteiger partial charge on any atom is -0.0984 e. The van der Waals surface area contributed by atoms with Crippen molar-refractivity contribution in [3.63, 3.8) is 0 Å². The van der Waals surface area contributed by atoms with E-state index >= 15 is 0 Å². The van der Waals surface area contributed by atoms with E-state index in [2.05, 4.69) is 115 Å². The number of hydrogen-bond acceptors (Lipinski definition) is 0. The Morgan fingerprint density at radius 3 is 2.09 bits per heavy atom. The first kappa shape index (κ1) is 28.4. The molecule has 0 bridgehead atoms. The van der Waals surface area contributed by atoms with E-state index in [0.717, 1.165) is 25.7 Å². The van der Waals surface area contributed by atoms with Gasteiger partial charge >= 0.3 is 0 Å². The minimum atomic E-state index is 0.442. The molecule has 2 atom stereocenters. The van der Waals surface area contributed by atoms with Gasteiger partial charge in [0.25, 0.3) is 0 Å². The van der Waals surface area contributed by atoms with Crippen molar-refractivity contribution in [1.29, 1.82) is 0 Å². The molecule has 0 fully saturated rings. The van der Waals surface area contributed by atoms with Crippen LogP contribution < -0.4 is 0 Å². The minimum absolute atomic E-state index is 0.442. The van der Waals surface area contributed by atoms with Crippen LogP contribution in [0.2, 0.25) is 0 Å². The van der Waals surface area contributed by atoms with Crippen molar-refractivity contribution in [2.24, 2.45) is 11.8 Å². The summed E-state index contributed by atoms with van der Waals surface area (Å²) in [5.41, 5.74) is 7.91. The van der Waals surface area contributed by atoms with Crippen molar-refractivity contribution < 1.29 is 0 Å². The maximum Gasteiger partial charge on any atom is 0.00644 e. The van der Waals surface area contributed by atoms with Crippen molar-refractivity contribution in [2.45, 2.75) is 73.6 Å². The van der Waals surface area contributed by atoms with Crippen LogP contribution >= 0.6 is 0 Å². The van der Waals surface area contributed by atoms with Gasteiger partial charge in [-0.3, -0.25) is 0 Å². The normalized spacial score (nSPS) is 17.9. The van der Waals surface area contributed by atoms with Gasteiger partial charge in [-0.1, -0.05) is 133 Å². The van der Waals surface area contributed by atoms with Gasteiger partial charge in [-0.25, -0.2) is 0 Å². The second-order valence-corrected chi connectivity index (χ2v) is 8.78. The first-order valence-electron chi connectivity index (χ1n) is 12.8. The lowest BCUT2D eigenvalue weighted by atomic mass is 9.77. The fraction of sp³-hybridized carbons (Fsp3) is 0.394. The number of rotatable bonds is 11. The van der Waals surface area contributed by atoms with E-state index in [1.54, 1.807) is 0 Å². The molecular weight excluding hydrogens is 396 g/mol. The van der Waals surface area contributed by atoms with Crippen LogP contribution in [0.25, 0.3) is 0 Å². The predicted molar refractivity (Wildman–Crippen MR) is 150 cm³/mol. The molecule has 0 aliphatic heterocycles. The molecule has 0 heteroatoms. The lowest BCUT2D eigenvalue weighted by molar-refractivity contribution is 0.650. The summed E-state index contributed by atoms with van der Waals surface area (Å²) in [7, 11) is 0. The molecule has 0 aromatic heterocycles. The van der Waals surface area contributed by atoms with E-state index in [1.165, 1.54) is 39.8 Å². The van der Waals surface area contributed by atoms with Crippen LogP contribution in [0.1, 0.15) is 72.8 Å². The van der Waals surface area contributed by atoms with Crippen molar-refractivity contribution in [2.75, 3.05) is 0 Å². The average molecular weight is 443 g/mol. The summed E-state index contributed by atoms with van der Waals surface area (Å²) in [6, 6.07) is 10.6. The number of benzene rings is 1. The maximum atomic E-state index is 4.21. The van der Waals surface area contributed by atoms with Gasteiger partial charge in [0.15, 0.2) is 0 Å². The summed E-state index contributed by atoms with van der Waals surface area (Å²) in [6.45, 7) is 21.6. The average Bonchev–Trinajstić information content (AvgIpc) is 2.79. The summed E-state index contributed by atoms with van der Waals surface area (Å²) in [4.78, 5) is 0. The summed E-state index contributed by atoms with van der Waals surface area (Å²) < 4.78 is 0. The molecule has 0 spiro atoms. The molecule has 0 nitrogen and oxygen atoms in total. The van der Waals surface area contributed by atoms with Gasteiger partial charge in [-0.2, -0.15) is 0 Å². The quantitative estimate of drug-likeness (QED) is 0.236. The summed E-state index contributed by atoms with van der Waals surface area (Å²) in [5, 5.41) is 0. The van der Waals surface area contributed by atoms with Gasteiger partial charge < -0.3 is 0 Å². The molecule has 1 aliphatic carbocycles. The van der Waals surface area contributed by atoms with Crippen molar-refractivity contribution in [3.8, 4) is 0 Å². The molecule has 1 aromatic rings. The summed E-state index contributed by atoms with van der Waals surface area (Å²) in [6.07, 6.45) is 21.0.